The molecule has 0 radical (unpaired) electrons. The largest absolute Gasteiger partial charge is 0.381 e. The molecule has 1 fully saturated rings. The van der Waals surface area contributed by atoms with Crippen LogP contribution in [0.15, 0.2) is 4.52 Å². The molecule has 1 aromatic heterocycles. The monoisotopic (exact) mass is 225 g/mol. The van der Waals surface area contributed by atoms with E-state index in [1.165, 1.54) is 0 Å². The Morgan fingerprint density at radius 1 is 1.50 bits per heavy atom. The molecule has 1 aliphatic rings. The molecule has 2 atom stereocenters. The van der Waals surface area contributed by atoms with E-state index in [1.54, 1.807) is 0 Å². The van der Waals surface area contributed by atoms with Crippen molar-refractivity contribution in [2.45, 2.75) is 44.6 Å². The van der Waals surface area contributed by atoms with Gasteiger partial charge in [-0.3, -0.25) is 0 Å². The molecule has 0 aliphatic heterocycles. The molecule has 1 heterocycles. The number of nitrogens with zero attached hydrogens (tertiary/aromatic N) is 2. The lowest BCUT2D eigenvalue weighted by atomic mass is 10.1. The Labute approximate surface area is 95.3 Å². The van der Waals surface area contributed by atoms with E-state index in [0.29, 0.717) is 18.6 Å². The van der Waals surface area contributed by atoms with Gasteiger partial charge in [0.25, 0.3) is 0 Å². The minimum atomic E-state index is 0.295. The van der Waals surface area contributed by atoms with Crippen LogP contribution < -0.4 is 5.73 Å². The summed E-state index contributed by atoms with van der Waals surface area (Å²) in [7, 11) is 0. The van der Waals surface area contributed by atoms with Gasteiger partial charge in [0.05, 0.1) is 6.61 Å². The van der Waals surface area contributed by atoms with Crippen molar-refractivity contribution >= 4 is 0 Å². The number of rotatable bonds is 5. The topological polar surface area (TPSA) is 74.2 Å². The van der Waals surface area contributed by atoms with Gasteiger partial charge in [0.2, 0.25) is 5.89 Å². The molecule has 2 rings (SSSR count). The second kappa shape index (κ2) is 5.41. The predicted octanol–water partition coefficient (Wildman–Crippen LogP) is 1.24. The molecule has 0 spiro atoms. The van der Waals surface area contributed by atoms with Gasteiger partial charge >= 0.3 is 0 Å². The maximum Gasteiger partial charge on any atom is 0.229 e. The van der Waals surface area contributed by atoms with Gasteiger partial charge in [0.1, 0.15) is 0 Å². The Morgan fingerprint density at radius 3 is 3.06 bits per heavy atom. The van der Waals surface area contributed by atoms with Crippen LogP contribution in [-0.4, -0.2) is 29.4 Å². The van der Waals surface area contributed by atoms with Crippen LogP contribution in [0.4, 0.5) is 0 Å². The third-order valence-electron chi connectivity index (χ3n) is 2.98. The van der Waals surface area contributed by atoms with Crippen molar-refractivity contribution in [2.24, 2.45) is 5.73 Å². The van der Waals surface area contributed by atoms with Gasteiger partial charge < -0.3 is 15.0 Å². The summed E-state index contributed by atoms with van der Waals surface area (Å²) in [5.41, 5.74) is 5.86. The van der Waals surface area contributed by atoms with E-state index >= 15 is 0 Å². The first-order chi connectivity index (χ1) is 7.79. The van der Waals surface area contributed by atoms with Gasteiger partial charge in [0, 0.05) is 25.0 Å². The van der Waals surface area contributed by atoms with E-state index in [9.17, 15) is 0 Å². The van der Waals surface area contributed by atoms with Crippen LogP contribution in [0.3, 0.4) is 0 Å². The average molecular weight is 225 g/mol. The summed E-state index contributed by atoms with van der Waals surface area (Å²) in [5, 5.41) is 3.95. The highest BCUT2D eigenvalue weighted by molar-refractivity contribution is 4.99. The Morgan fingerprint density at radius 2 is 2.38 bits per heavy atom. The molecule has 0 bridgehead atoms. The molecule has 16 heavy (non-hydrogen) atoms. The molecule has 0 unspecified atom stereocenters. The Bertz CT molecular complexity index is 327. The summed E-state index contributed by atoms with van der Waals surface area (Å²) in [6.45, 7) is 3.35. The second-order valence-electron chi connectivity index (χ2n) is 4.27. The maximum absolute atomic E-state index is 5.86. The summed E-state index contributed by atoms with van der Waals surface area (Å²) in [4.78, 5) is 4.39. The molecule has 0 aromatic carbocycles. The standard InChI is InChI=1S/C11H19N3O2/c1-2-15-6-5-10-13-11(16-14-10)8-3-4-9(12)7-8/h8-9H,2-7,12H2,1H3/t8-,9+/m1/s1. The van der Waals surface area contributed by atoms with E-state index in [4.69, 9.17) is 15.0 Å². The van der Waals surface area contributed by atoms with E-state index in [1.807, 2.05) is 6.92 Å². The first kappa shape index (κ1) is 11.5. The lowest BCUT2D eigenvalue weighted by Gasteiger charge is -2.01. The molecule has 5 nitrogen and oxygen atoms in total. The third kappa shape index (κ3) is 2.80. The quantitative estimate of drug-likeness (QED) is 0.763. The van der Waals surface area contributed by atoms with Crippen LogP contribution in [0.1, 0.15) is 43.8 Å². The van der Waals surface area contributed by atoms with Crippen molar-refractivity contribution in [2.75, 3.05) is 13.2 Å². The van der Waals surface area contributed by atoms with Gasteiger partial charge in [-0.1, -0.05) is 5.16 Å². The zero-order chi connectivity index (χ0) is 11.4. The second-order valence-corrected chi connectivity index (χ2v) is 4.27. The fraction of sp³-hybridized carbons (Fsp3) is 0.818. The van der Waals surface area contributed by atoms with Crippen LogP contribution in [0.2, 0.25) is 0 Å². The zero-order valence-corrected chi connectivity index (χ0v) is 9.69. The number of nitrogens with two attached hydrogens (primary N) is 1. The van der Waals surface area contributed by atoms with Gasteiger partial charge in [-0.15, -0.1) is 0 Å². The van der Waals surface area contributed by atoms with Crippen molar-refractivity contribution < 1.29 is 9.26 Å². The Balaban J connectivity index is 1.87. The highest BCUT2D eigenvalue weighted by Gasteiger charge is 2.27. The lowest BCUT2D eigenvalue weighted by Crippen LogP contribution is -2.14. The highest BCUT2D eigenvalue weighted by atomic mass is 16.5. The first-order valence-corrected chi connectivity index (χ1v) is 5.95. The van der Waals surface area contributed by atoms with Gasteiger partial charge in [-0.25, -0.2) is 0 Å². The fourth-order valence-electron chi connectivity index (χ4n) is 2.08. The van der Waals surface area contributed by atoms with Crippen molar-refractivity contribution in [1.82, 2.24) is 10.1 Å². The molecule has 2 N–H and O–H groups in total. The van der Waals surface area contributed by atoms with Crippen LogP contribution >= 0.6 is 0 Å². The van der Waals surface area contributed by atoms with E-state index < -0.39 is 0 Å². The molecule has 1 saturated carbocycles. The highest BCUT2D eigenvalue weighted by Crippen LogP contribution is 2.32. The average Bonchev–Trinajstić information content (AvgIpc) is 2.87. The number of ether oxygens (including phenoxy) is 1. The van der Waals surface area contributed by atoms with Crippen molar-refractivity contribution in [3.63, 3.8) is 0 Å². The number of hydrogen-bond acceptors (Lipinski definition) is 5. The number of hydrogen-bond donors (Lipinski definition) is 1. The van der Waals surface area contributed by atoms with Crippen LogP contribution in [-0.2, 0) is 11.2 Å². The molecule has 1 aliphatic carbocycles. The Kier molecular flexibility index (Phi) is 3.90. The van der Waals surface area contributed by atoms with Crippen molar-refractivity contribution in [3.05, 3.63) is 11.7 Å². The Hall–Kier alpha value is -0.940. The molecular formula is C11H19N3O2. The van der Waals surface area contributed by atoms with Crippen molar-refractivity contribution in [3.8, 4) is 0 Å². The fourth-order valence-corrected chi connectivity index (χ4v) is 2.08. The molecule has 0 amide bonds. The number of aromatic nitrogens is 2. The van der Waals surface area contributed by atoms with Crippen molar-refractivity contribution in [1.29, 1.82) is 0 Å². The van der Waals surface area contributed by atoms with E-state index in [-0.39, 0.29) is 0 Å². The lowest BCUT2D eigenvalue weighted by molar-refractivity contribution is 0.149. The van der Waals surface area contributed by atoms with Crippen LogP contribution in [0, 0.1) is 0 Å². The minimum Gasteiger partial charge on any atom is -0.381 e. The van der Waals surface area contributed by atoms with Gasteiger partial charge in [-0.05, 0) is 26.2 Å². The van der Waals surface area contributed by atoms with E-state index in [2.05, 4.69) is 10.1 Å². The molecule has 1 aromatic rings. The SMILES string of the molecule is CCOCCc1noc([C@@H]2CC[C@H](N)C2)n1. The summed E-state index contributed by atoms with van der Waals surface area (Å²) in [6.07, 6.45) is 3.80. The maximum atomic E-state index is 5.86. The summed E-state index contributed by atoms with van der Waals surface area (Å²) in [6, 6.07) is 0.295. The van der Waals surface area contributed by atoms with Crippen LogP contribution in [0.25, 0.3) is 0 Å². The van der Waals surface area contributed by atoms with Gasteiger partial charge in [0.15, 0.2) is 5.82 Å². The minimum absolute atomic E-state index is 0.295. The summed E-state index contributed by atoms with van der Waals surface area (Å²) < 4.78 is 10.5. The molecule has 0 saturated heterocycles. The normalized spacial score (nSPS) is 25.1. The third-order valence-corrected chi connectivity index (χ3v) is 2.98. The zero-order valence-electron chi connectivity index (χ0n) is 9.69. The first-order valence-electron chi connectivity index (χ1n) is 5.95. The van der Waals surface area contributed by atoms with E-state index in [0.717, 1.165) is 44.0 Å². The molecule has 90 valence electrons. The molecular weight excluding hydrogens is 206 g/mol. The summed E-state index contributed by atoms with van der Waals surface area (Å²) in [5.74, 6) is 1.85. The summed E-state index contributed by atoms with van der Waals surface area (Å²) >= 11 is 0. The smallest absolute Gasteiger partial charge is 0.229 e. The van der Waals surface area contributed by atoms with Crippen LogP contribution in [0.5, 0.6) is 0 Å². The van der Waals surface area contributed by atoms with Gasteiger partial charge in [-0.2, -0.15) is 4.98 Å². The molecule has 5 heteroatoms. The predicted molar refractivity (Wildman–Crippen MR) is 59.1 cm³/mol.